The van der Waals surface area contributed by atoms with Gasteiger partial charge in [-0.25, -0.2) is 4.39 Å². The molecule has 0 N–H and O–H groups in total. The van der Waals surface area contributed by atoms with Crippen LogP contribution in [0.25, 0.3) is 0 Å². The normalized spacial score (nSPS) is 25.6. The number of hydrogen-bond donors (Lipinski definition) is 0. The Morgan fingerprint density at radius 3 is 2.77 bits per heavy atom. The van der Waals surface area contributed by atoms with Gasteiger partial charge in [0.2, 0.25) is 11.8 Å². The number of para-hydroxylation sites is 1. The van der Waals surface area contributed by atoms with Crippen molar-refractivity contribution in [1.29, 1.82) is 0 Å². The summed E-state index contributed by atoms with van der Waals surface area (Å²) in [6.45, 7) is 3.11. The molecule has 2 amide bonds. The Labute approximate surface area is 129 Å². The van der Waals surface area contributed by atoms with Gasteiger partial charge in [-0.15, -0.1) is 0 Å². The molecule has 4 nitrogen and oxygen atoms in total. The summed E-state index contributed by atoms with van der Waals surface area (Å²) in [6.07, 6.45) is 3.36. The second-order valence-corrected chi connectivity index (χ2v) is 6.23. The van der Waals surface area contributed by atoms with E-state index in [1.165, 1.54) is 11.0 Å². The Hall–Kier alpha value is -1.91. The molecule has 2 saturated heterocycles. The third kappa shape index (κ3) is 2.72. The molecule has 22 heavy (non-hydrogen) atoms. The second-order valence-electron chi connectivity index (χ2n) is 6.23. The summed E-state index contributed by atoms with van der Waals surface area (Å²) >= 11 is 0. The van der Waals surface area contributed by atoms with Crippen molar-refractivity contribution in [2.75, 3.05) is 18.0 Å². The number of hydrogen-bond acceptors (Lipinski definition) is 2. The van der Waals surface area contributed by atoms with Crippen LogP contribution in [0, 0.1) is 11.7 Å². The van der Waals surface area contributed by atoms with E-state index in [9.17, 15) is 14.0 Å². The first-order chi connectivity index (χ1) is 10.6. The summed E-state index contributed by atoms with van der Waals surface area (Å²) in [6, 6.07) is 6.46. The Morgan fingerprint density at radius 2 is 2.05 bits per heavy atom. The first-order valence-electron chi connectivity index (χ1n) is 7.93. The Bertz CT molecular complexity index is 590. The highest BCUT2D eigenvalue weighted by atomic mass is 19.1. The molecular weight excluding hydrogens is 283 g/mol. The third-order valence-corrected chi connectivity index (χ3v) is 4.70. The molecule has 0 aromatic heterocycles. The van der Waals surface area contributed by atoms with Gasteiger partial charge in [0.05, 0.1) is 11.6 Å². The second kappa shape index (κ2) is 6.07. The molecule has 5 heteroatoms. The minimum atomic E-state index is -0.421. The smallest absolute Gasteiger partial charge is 0.228 e. The van der Waals surface area contributed by atoms with E-state index in [2.05, 4.69) is 6.92 Å². The largest absolute Gasteiger partial charge is 0.340 e. The number of amides is 2. The lowest BCUT2D eigenvalue weighted by Crippen LogP contribution is -2.45. The molecular formula is C17H21FN2O2. The molecule has 0 bridgehead atoms. The molecule has 3 rings (SSSR count). The van der Waals surface area contributed by atoms with E-state index < -0.39 is 5.82 Å². The summed E-state index contributed by atoms with van der Waals surface area (Å²) in [5.74, 6) is -0.907. The highest BCUT2D eigenvalue weighted by Gasteiger charge is 2.39. The highest BCUT2D eigenvalue weighted by molar-refractivity contribution is 6.00. The average Bonchev–Trinajstić information content (AvgIpc) is 2.89. The molecule has 0 radical (unpaired) electrons. The maximum atomic E-state index is 13.9. The van der Waals surface area contributed by atoms with Crippen LogP contribution >= 0.6 is 0 Å². The lowest BCUT2D eigenvalue weighted by molar-refractivity contribution is -0.139. The van der Waals surface area contributed by atoms with Crippen LogP contribution in [0.15, 0.2) is 24.3 Å². The van der Waals surface area contributed by atoms with Crippen LogP contribution in [-0.4, -0.2) is 35.8 Å². The zero-order chi connectivity index (χ0) is 15.7. The summed E-state index contributed by atoms with van der Waals surface area (Å²) in [5.41, 5.74) is 0.273. The molecule has 2 unspecified atom stereocenters. The molecule has 2 fully saturated rings. The number of carbonyl (C=O) groups excluding carboxylic acids is 2. The topological polar surface area (TPSA) is 40.6 Å². The van der Waals surface area contributed by atoms with Gasteiger partial charge >= 0.3 is 0 Å². The van der Waals surface area contributed by atoms with Crippen LogP contribution in [0.1, 0.15) is 32.6 Å². The Kier molecular flexibility index (Phi) is 4.14. The van der Waals surface area contributed by atoms with Crippen molar-refractivity contribution in [3.05, 3.63) is 30.1 Å². The van der Waals surface area contributed by atoms with Crippen molar-refractivity contribution in [1.82, 2.24) is 4.90 Å². The van der Waals surface area contributed by atoms with Gasteiger partial charge in [-0.3, -0.25) is 9.59 Å². The molecule has 2 aliphatic rings. The minimum absolute atomic E-state index is 0.0411. The van der Waals surface area contributed by atoms with Crippen LogP contribution < -0.4 is 4.90 Å². The molecule has 0 aliphatic carbocycles. The highest BCUT2D eigenvalue weighted by Crippen LogP contribution is 2.29. The van der Waals surface area contributed by atoms with Crippen LogP contribution in [0.4, 0.5) is 10.1 Å². The van der Waals surface area contributed by atoms with Gasteiger partial charge in [0.25, 0.3) is 0 Å². The number of benzene rings is 1. The maximum absolute atomic E-state index is 13.9. The zero-order valence-corrected chi connectivity index (χ0v) is 12.8. The SMILES string of the molecule is CC1CCCCN1C(=O)C1CC(=O)N(c2ccccc2F)C1. The standard InChI is InChI=1S/C17H21FN2O2/c1-12-6-4-5-9-19(12)17(22)13-10-16(21)20(11-13)15-8-3-2-7-14(15)18/h2-3,7-8,12-13H,4-6,9-11H2,1H3. The van der Waals surface area contributed by atoms with Crippen molar-refractivity contribution in [2.24, 2.45) is 5.92 Å². The van der Waals surface area contributed by atoms with E-state index in [1.54, 1.807) is 18.2 Å². The van der Waals surface area contributed by atoms with Gasteiger partial charge in [-0.05, 0) is 38.3 Å². The van der Waals surface area contributed by atoms with Crippen LogP contribution in [0.3, 0.4) is 0 Å². The van der Waals surface area contributed by atoms with E-state index in [4.69, 9.17) is 0 Å². The summed E-state index contributed by atoms with van der Waals surface area (Å²) in [5, 5.41) is 0. The number of halogens is 1. The number of anilines is 1. The number of rotatable bonds is 2. The van der Waals surface area contributed by atoms with Crippen molar-refractivity contribution >= 4 is 17.5 Å². The molecule has 0 saturated carbocycles. The van der Waals surface area contributed by atoms with Gasteiger partial charge in [-0.2, -0.15) is 0 Å². The van der Waals surface area contributed by atoms with E-state index in [0.29, 0.717) is 0 Å². The van der Waals surface area contributed by atoms with Crippen LogP contribution in [-0.2, 0) is 9.59 Å². The zero-order valence-electron chi connectivity index (χ0n) is 12.8. The summed E-state index contributed by atoms with van der Waals surface area (Å²) in [7, 11) is 0. The van der Waals surface area contributed by atoms with Crippen molar-refractivity contribution < 1.29 is 14.0 Å². The lowest BCUT2D eigenvalue weighted by Gasteiger charge is -2.35. The van der Waals surface area contributed by atoms with E-state index in [-0.39, 0.29) is 42.4 Å². The molecule has 2 aliphatic heterocycles. The van der Waals surface area contributed by atoms with Crippen molar-refractivity contribution in [3.63, 3.8) is 0 Å². The van der Waals surface area contributed by atoms with Gasteiger partial charge in [-0.1, -0.05) is 12.1 Å². The van der Waals surface area contributed by atoms with Crippen molar-refractivity contribution in [2.45, 2.75) is 38.6 Å². The number of carbonyl (C=O) groups is 2. The monoisotopic (exact) mass is 304 g/mol. The Balaban J connectivity index is 1.74. The first kappa shape index (κ1) is 15.0. The fourth-order valence-corrected chi connectivity index (χ4v) is 3.44. The first-order valence-corrected chi connectivity index (χ1v) is 7.93. The van der Waals surface area contributed by atoms with Gasteiger partial charge in [0, 0.05) is 25.6 Å². The molecule has 2 atom stereocenters. The average molecular weight is 304 g/mol. The molecule has 2 heterocycles. The molecule has 1 aromatic carbocycles. The van der Waals surface area contributed by atoms with Gasteiger partial charge in [0.15, 0.2) is 0 Å². The number of piperidine rings is 1. The maximum Gasteiger partial charge on any atom is 0.228 e. The van der Waals surface area contributed by atoms with E-state index in [1.807, 2.05) is 4.90 Å². The number of nitrogens with zero attached hydrogens (tertiary/aromatic N) is 2. The van der Waals surface area contributed by atoms with Crippen LogP contribution in [0.5, 0.6) is 0 Å². The molecule has 118 valence electrons. The third-order valence-electron chi connectivity index (χ3n) is 4.70. The predicted octanol–water partition coefficient (Wildman–Crippen LogP) is 2.58. The fraction of sp³-hybridized carbons (Fsp3) is 0.529. The molecule has 0 spiro atoms. The summed E-state index contributed by atoms with van der Waals surface area (Å²) in [4.78, 5) is 28.2. The van der Waals surface area contributed by atoms with E-state index >= 15 is 0 Å². The Morgan fingerprint density at radius 1 is 1.27 bits per heavy atom. The van der Waals surface area contributed by atoms with Gasteiger partial charge in [0.1, 0.15) is 5.82 Å². The van der Waals surface area contributed by atoms with Crippen molar-refractivity contribution in [3.8, 4) is 0 Å². The lowest BCUT2D eigenvalue weighted by atomic mass is 9.99. The van der Waals surface area contributed by atoms with E-state index in [0.717, 1.165) is 25.8 Å². The van der Waals surface area contributed by atoms with Gasteiger partial charge < -0.3 is 9.80 Å². The predicted molar refractivity (Wildman–Crippen MR) is 81.9 cm³/mol. The minimum Gasteiger partial charge on any atom is -0.340 e. The fourth-order valence-electron chi connectivity index (χ4n) is 3.44. The van der Waals surface area contributed by atoms with Crippen LogP contribution in [0.2, 0.25) is 0 Å². The number of likely N-dealkylation sites (tertiary alicyclic amines) is 1. The quantitative estimate of drug-likeness (QED) is 0.842. The summed E-state index contributed by atoms with van der Waals surface area (Å²) < 4.78 is 13.9. The molecule has 1 aromatic rings.